The molecule has 0 amide bonds. The van der Waals surface area contributed by atoms with Crippen LogP contribution in [0.25, 0.3) is 0 Å². The molecule has 0 saturated carbocycles. The summed E-state index contributed by atoms with van der Waals surface area (Å²) in [5.74, 6) is 0.0148. The maximum atomic E-state index is 13.2. The van der Waals surface area contributed by atoms with Crippen LogP contribution in [0.15, 0.2) is 24.3 Å². The van der Waals surface area contributed by atoms with Crippen LogP contribution >= 0.6 is 0 Å². The van der Waals surface area contributed by atoms with E-state index < -0.39 is 21.1 Å². The Morgan fingerprint density at radius 2 is 2.05 bits per heavy atom. The molecule has 0 radical (unpaired) electrons. The molecular weight excluding hydrogens is 309 g/mol. The van der Waals surface area contributed by atoms with E-state index in [1.54, 1.807) is 33.9 Å². The fraction of sp³-hybridized carbons (Fsp3) is 0.357. The predicted octanol–water partition coefficient (Wildman–Crippen LogP) is 2.81. The number of sulfonamides is 1. The minimum atomic E-state index is -3.54. The maximum absolute atomic E-state index is 13.2. The third-order valence-corrected chi connectivity index (χ3v) is 4.77. The molecule has 1 aromatic heterocycles. The van der Waals surface area contributed by atoms with Gasteiger partial charge in [0.2, 0.25) is 15.9 Å². The molecule has 2 aromatic rings. The van der Waals surface area contributed by atoms with Crippen molar-refractivity contribution in [1.29, 1.82) is 0 Å². The molecule has 1 N–H and O–H groups in total. The highest BCUT2D eigenvalue weighted by molar-refractivity contribution is 7.93. The second kappa shape index (κ2) is 5.96. The van der Waals surface area contributed by atoms with E-state index in [2.05, 4.69) is 9.82 Å². The normalized spacial score (nSPS) is 11.7. The lowest BCUT2D eigenvalue weighted by atomic mass is 10.3. The van der Waals surface area contributed by atoms with Crippen molar-refractivity contribution in [3.63, 3.8) is 0 Å². The average molecular weight is 327 g/mol. The summed E-state index contributed by atoms with van der Waals surface area (Å²) in [6.07, 6.45) is 0. The average Bonchev–Trinajstić information content (AvgIpc) is 2.65. The summed E-state index contributed by atoms with van der Waals surface area (Å²) in [6, 6.07) is 5.59. The molecule has 0 fully saturated rings. The zero-order valence-corrected chi connectivity index (χ0v) is 13.6. The zero-order valence-electron chi connectivity index (χ0n) is 12.8. The van der Waals surface area contributed by atoms with Crippen LogP contribution in [-0.2, 0) is 17.1 Å². The number of anilines is 1. The highest BCUT2D eigenvalue weighted by Crippen LogP contribution is 2.33. The van der Waals surface area contributed by atoms with Crippen molar-refractivity contribution in [3.05, 3.63) is 35.8 Å². The molecule has 0 aliphatic rings. The van der Waals surface area contributed by atoms with Gasteiger partial charge in [-0.2, -0.15) is 5.10 Å². The Balaban J connectivity index is 2.40. The molecule has 0 aliphatic heterocycles. The van der Waals surface area contributed by atoms with E-state index in [1.165, 1.54) is 22.9 Å². The number of halogens is 1. The van der Waals surface area contributed by atoms with Crippen molar-refractivity contribution < 1.29 is 17.5 Å². The lowest BCUT2D eigenvalue weighted by Gasteiger charge is -2.13. The van der Waals surface area contributed by atoms with Crippen LogP contribution < -0.4 is 9.46 Å². The summed E-state index contributed by atoms with van der Waals surface area (Å²) >= 11 is 0. The molecule has 120 valence electrons. The van der Waals surface area contributed by atoms with Crippen LogP contribution in [0, 0.1) is 12.7 Å². The third-order valence-electron chi connectivity index (χ3n) is 3.05. The van der Waals surface area contributed by atoms with Crippen LogP contribution in [0.1, 0.15) is 19.5 Å². The maximum Gasteiger partial charge on any atom is 0.242 e. The summed E-state index contributed by atoms with van der Waals surface area (Å²) in [5.41, 5.74) is 0.721. The van der Waals surface area contributed by atoms with Crippen LogP contribution in [0.5, 0.6) is 11.6 Å². The highest BCUT2D eigenvalue weighted by Gasteiger charge is 2.23. The Bertz CT molecular complexity index is 785. The molecule has 0 saturated heterocycles. The van der Waals surface area contributed by atoms with Gasteiger partial charge in [0.05, 0.1) is 10.9 Å². The molecule has 2 rings (SSSR count). The lowest BCUT2D eigenvalue weighted by molar-refractivity contribution is 0.429. The van der Waals surface area contributed by atoms with E-state index >= 15 is 0 Å². The summed E-state index contributed by atoms with van der Waals surface area (Å²) in [7, 11) is -1.92. The first-order valence-corrected chi connectivity index (χ1v) is 8.24. The van der Waals surface area contributed by atoms with Crippen molar-refractivity contribution in [3.8, 4) is 11.6 Å². The molecule has 0 aliphatic carbocycles. The van der Waals surface area contributed by atoms with Gasteiger partial charge >= 0.3 is 0 Å². The number of rotatable bonds is 5. The van der Waals surface area contributed by atoms with Gasteiger partial charge in [-0.1, -0.05) is 6.07 Å². The third kappa shape index (κ3) is 3.38. The minimum absolute atomic E-state index is 0.201. The fourth-order valence-corrected chi connectivity index (χ4v) is 2.53. The summed E-state index contributed by atoms with van der Waals surface area (Å²) in [5, 5.41) is 3.54. The first-order valence-electron chi connectivity index (χ1n) is 6.69. The zero-order chi connectivity index (χ0) is 16.5. The highest BCUT2D eigenvalue weighted by atomic mass is 32.2. The first-order chi connectivity index (χ1) is 10.2. The molecular formula is C14H18FN3O3S. The Morgan fingerprint density at radius 1 is 1.36 bits per heavy atom. The van der Waals surface area contributed by atoms with Crippen molar-refractivity contribution in [2.24, 2.45) is 7.05 Å². The molecule has 0 bridgehead atoms. The number of aryl methyl sites for hydroxylation is 2. The number of aromatic nitrogens is 2. The van der Waals surface area contributed by atoms with Gasteiger partial charge in [-0.3, -0.25) is 4.72 Å². The van der Waals surface area contributed by atoms with Crippen molar-refractivity contribution >= 4 is 15.7 Å². The lowest BCUT2D eigenvalue weighted by Crippen LogP contribution is -2.23. The second-order valence-electron chi connectivity index (χ2n) is 5.14. The van der Waals surface area contributed by atoms with E-state index in [4.69, 9.17) is 4.74 Å². The van der Waals surface area contributed by atoms with E-state index in [0.717, 1.165) is 0 Å². The summed E-state index contributed by atoms with van der Waals surface area (Å²) in [4.78, 5) is 0. The van der Waals surface area contributed by atoms with Gasteiger partial charge in [0, 0.05) is 13.1 Å². The summed E-state index contributed by atoms with van der Waals surface area (Å²) < 4.78 is 46.8. The standard InChI is InChI=1S/C14H18FN3O3S/c1-9(2)22(19,20)17-13-10(3)16-18(4)14(13)21-12-7-5-6-11(15)8-12/h5-9,17H,1-4H3. The Hall–Kier alpha value is -2.09. The Labute approximate surface area is 129 Å². The quantitative estimate of drug-likeness (QED) is 0.916. The van der Waals surface area contributed by atoms with E-state index in [9.17, 15) is 12.8 Å². The SMILES string of the molecule is Cc1nn(C)c(Oc2cccc(F)c2)c1NS(=O)(=O)C(C)C. The molecule has 0 atom stereocenters. The van der Waals surface area contributed by atoms with Gasteiger partial charge in [0.25, 0.3) is 0 Å². The van der Waals surface area contributed by atoms with E-state index in [-0.39, 0.29) is 17.3 Å². The Morgan fingerprint density at radius 3 is 2.64 bits per heavy atom. The second-order valence-corrected chi connectivity index (χ2v) is 7.38. The topological polar surface area (TPSA) is 73.2 Å². The van der Waals surface area contributed by atoms with Crippen LogP contribution in [0.4, 0.5) is 10.1 Å². The van der Waals surface area contributed by atoms with Crippen LogP contribution in [-0.4, -0.2) is 23.4 Å². The fourth-order valence-electron chi connectivity index (χ4n) is 1.77. The number of nitrogens with zero attached hydrogens (tertiary/aromatic N) is 2. The van der Waals surface area contributed by atoms with Gasteiger partial charge in [0.15, 0.2) is 0 Å². The van der Waals surface area contributed by atoms with Crippen LogP contribution in [0.2, 0.25) is 0 Å². The van der Waals surface area contributed by atoms with Gasteiger partial charge in [0.1, 0.15) is 17.3 Å². The number of hydrogen-bond acceptors (Lipinski definition) is 4. The molecule has 1 heterocycles. The van der Waals surface area contributed by atoms with Crippen molar-refractivity contribution in [1.82, 2.24) is 9.78 Å². The number of hydrogen-bond donors (Lipinski definition) is 1. The van der Waals surface area contributed by atoms with Gasteiger partial charge in [-0.05, 0) is 32.9 Å². The van der Waals surface area contributed by atoms with Crippen molar-refractivity contribution in [2.45, 2.75) is 26.0 Å². The molecule has 22 heavy (non-hydrogen) atoms. The summed E-state index contributed by atoms with van der Waals surface area (Å²) in [6.45, 7) is 4.80. The van der Waals surface area contributed by atoms with E-state index in [1.807, 2.05) is 0 Å². The number of ether oxygens (including phenoxy) is 1. The smallest absolute Gasteiger partial charge is 0.242 e. The van der Waals surface area contributed by atoms with E-state index in [0.29, 0.717) is 5.69 Å². The van der Waals surface area contributed by atoms with Crippen molar-refractivity contribution in [2.75, 3.05) is 4.72 Å². The molecule has 8 heteroatoms. The van der Waals surface area contributed by atoms with Gasteiger partial charge in [-0.15, -0.1) is 0 Å². The number of nitrogens with one attached hydrogen (secondary N) is 1. The molecule has 6 nitrogen and oxygen atoms in total. The van der Waals surface area contributed by atoms with Gasteiger partial charge in [-0.25, -0.2) is 17.5 Å². The monoisotopic (exact) mass is 327 g/mol. The first kappa shape index (κ1) is 16.3. The Kier molecular flexibility index (Phi) is 4.41. The van der Waals surface area contributed by atoms with Gasteiger partial charge < -0.3 is 4.74 Å². The molecule has 0 spiro atoms. The molecule has 1 aromatic carbocycles. The number of benzene rings is 1. The molecule has 0 unspecified atom stereocenters. The largest absolute Gasteiger partial charge is 0.437 e. The van der Waals surface area contributed by atoms with Crippen LogP contribution in [0.3, 0.4) is 0 Å². The predicted molar refractivity (Wildman–Crippen MR) is 82.1 cm³/mol. The minimum Gasteiger partial charge on any atom is -0.437 e.